The Morgan fingerprint density at radius 1 is 0.971 bits per heavy atom. The van der Waals surface area contributed by atoms with Gasteiger partial charge in [0.05, 0.1) is 12.1 Å². The van der Waals surface area contributed by atoms with Gasteiger partial charge in [-0.05, 0) is 42.8 Å². The fourth-order valence-electron chi connectivity index (χ4n) is 3.29. The molecule has 0 aliphatic heterocycles. The summed E-state index contributed by atoms with van der Waals surface area (Å²) in [5.41, 5.74) is 2.27. The molecular formula is C25H22F3N5OS. The van der Waals surface area contributed by atoms with Gasteiger partial charge in [0, 0.05) is 17.1 Å². The van der Waals surface area contributed by atoms with E-state index in [0.29, 0.717) is 16.7 Å². The van der Waals surface area contributed by atoms with E-state index >= 15 is 0 Å². The van der Waals surface area contributed by atoms with E-state index in [1.165, 1.54) is 23.9 Å². The zero-order valence-corrected chi connectivity index (χ0v) is 19.5. The lowest BCUT2D eigenvalue weighted by atomic mass is 10.2. The smallest absolute Gasteiger partial charge is 0.331 e. The molecule has 0 unspecified atom stereocenters. The van der Waals surface area contributed by atoms with Crippen LogP contribution < -0.4 is 10.6 Å². The standard InChI is InChI=1S/C25H22F3N5OS/c1-17-10-12-21(13-11-17)33-22(31-32-24(33)35-16-18-6-3-2-4-7-18)15-29-23(34)30-20-9-5-8-19(14-20)25(26,27)28/h2-14H,15-16H2,1H3,(H2,29,30,34). The Labute approximate surface area is 204 Å². The second-order valence-corrected chi connectivity index (χ2v) is 8.67. The molecule has 4 rings (SSSR count). The van der Waals surface area contributed by atoms with Crippen LogP contribution in [0, 0.1) is 6.92 Å². The van der Waals surface area contributed by atoms with Crippen LogP contribution in [0.15, 0.2) is 84.0 Å². The van der Waals surface area contributed by atoms with Gasteiger partial charge < -0.3 is 10.6 Å². The highest BCUT2D eigenvalue weighted by Crippen LogP contribution is 2.30. The predicted octanol–water partition coefficient (Wildman–Crippen LogP) is 6.21. The van der Waals surface area contributed by atoms with E-state index in [4.69, 9.17) is 0 Å². The number of aromatic nitrogens is 3. The first kappa shape index (κ1) is 24.3. The number of alkyl halides is 3. The summed E-state index contributed by atoms with van der Waals surface area (Å²) in [5, 5.41) is 14.3. The number of aryl methyl sites for hydroxylation is 1. The van der Waals surface area contributed by atoms with Gasteiger partial charge in [0.15, 0.2) is 11.0 Å². The highest BCUT2D eigenvalue weighted by molar-refractivity contribution is 7.98. The van der Waals surface area contributed by atoms with E-state index in [1.807, 2.05) is 66.1 Å². The van der Waals surface area contributed by atoms with Gasteiger partial charge in [0.2, 0.25) is 0 Å². The Morgan fingerprint density at radius 2 is 1.71 bits per heavy atom. The highest BCUT2D eigenvalue weighted by atomic mass is 32.2. The maximum atomic E-state index is 12.9. The van der Waals surface area contributed by atoms with E-state index in [0.717, 1.165) is 28.9 Å². The van der Waals surface area contributed by atoms with Crippen LogP contribution in [0.5, 0.6) is 0 Å². The fourth-order valence-corrected chi connectivity index (χ4v) is 4.22. The number of rotatable bonds is 7. The van der Waals surface area contributed by atoms with E-state index in [1.54, 1.807) is 0 Å². The van der Waals surface area contributed by atoms with Crippen LogP contribution >= 0.6 is 11.8 Å². The van der Waals surface area contributed by atoms with Crippen molar-refractivity contribution in [1.82, 2.24) is 20.1 Å². The van der Waals surface area contributed by atoms with Crippen molar-refractivity contribution < 1.29 is 18.0 Å². The van der Waals surface area contributed by atoms with E-state index in [2.05, 4.69) is 20.8 Å². The molecule has 180 valence electrons. The molecule has 0 saturated carbocycles. The molecule has 0 fully saturated rings. The molecule has 0 spiro atoms. The normalized spacial score (nSPS) is 11.3. The fraction of sp³-hybridized carbons (Fsp3) is 0.160. The molecule has 0 bridgehead atoms. The summed E-state index contributed by atoms with van der Waals surface area (Å²) in [5.74, 6) is 1.18. The molecule has 3 aromatic carbocycles. The Kier molecular flexibility index (Phi) is 7.40. The number of benzene rings is 3. The molecule has 0 atom stereocenters. The number of nitrogens with one attached hydrogen (secondary N) is 2. The van der Waals surface area contributed by atoms with Crippen molar-refractivity contribution in [2.45, 2.75) is 30.6 Å². The molecule has 0 saturated heterocycles. The molecule has 0 aliphatic carbocycles. The van der Waals surface area contributed by atoms with Crippen LogP contribution in [-0.2, 0) is 18.5 Å². The van der Waals surface area contributed by atoms with Gasteiger partial charge in [0.25, 0.3) is 0 Å². The molecule has 6 nitrogen and oxygen atoms in total. The van der Waals surface area contributed by atoms with Crippen molar-refractivity contribution in [1.29, 1.82) is 0 Å². The summed E-state index contributed by atoms with van der Waals surface area (Å²) in [6, 6.07) is 21.6. The minimum Gasteiger partial charge on any atom is -0.331 e. The number of carbonyl (C=O) groups excluding carboxylic acids is 1. The Bertz CT molecular complexity index is 1290. The van der Waals surface area contributed by atoms with Crippen molar-refractivity contribution in [3.8, 4) is 5.69 Å². The maximum absolute atomic E-state index is 12.9. The lowest BCUT2D eigenvalue weighted by Crippen LogP contribution is -2.29. The van der Waals surface area contributed by atoms with Gasteiger partial charge in [-0.3, -0.25) is 4.57 Å². The van der Waals surface area contributed by atoms with Gasteiger partial charge in [-0.2, -0.15) is 13.2 Å². The minimum atomic E-state index is -4.49. The first-order chi connectivity index (χ1) is 16.8. The number of amides is 2. The average Bonchev–Trinajstić information content (AvgIpc) is 3.25. The van der Waals surface area contributed by atoms with Crippen LogP contribution in [-0.4, -0.2) is 20.8 Å². The number of hydrogen-bond acceptors (Lipinski definition) is 4. The molecule has 0 radical (unpaired) electrons. The molecular weight excluding hydrogens is 475 g/mol. The third-order valence-corrected chi connectivity index (χ3v) is 6.06. The minimum absolute atomic E-state index is 0.0254. The Balaban J connectivity index is 1.49. The summed E-state index contributed by atoms with van der Waals surface area (Å²) in [6.07, 6.45) is -4.49. The largest absolute Gasteiger partial charge is 0.416 e. The number of nitrogens with zero attached hydrogens (tertiary/aromatic N) is 3. The van der Waals surface area contributed by atoms with E-state index in [-0.39, 0.29) is 12.2 Å². The van der Waals surface area contributed by atoms with Crippen molar-refractivity contribution in [3.63, 3.8) is 0 Å². The van der Waals surface area contributed by atoms with Gasteiger partial charge in [0.1, 0.15) is 0 Å². The van der Waals surface area contributed by atoms with Gasteiger partial charge in [-0.25, -0.2) is 4.79 Å². The van der Waals surface area contributed by atoms with E-state index in [9.17, 15) is 18.0 Å². The number of anilines is 1. The Morgan fingerprint density at radius 3 is 2.43 bits per heavy atom. The zero-order chi connectivity index (χ0) is 24.8. The van der Waals surface area contributed by atoms with Crippen LogP contribution in [0.2, 0.25) is 0 Å². The SMILES string of the molecule is Cc1ccc(-n2c(CNC(=O)Nc3cccc(C(F)(F)F)c3)nnc2SCc2ccccc2)cc1. The third-order valence-electron chi connectivity index (χ3n) is 5.06. The van der Waals surface area contributed by atoms with Crippen LogP contribution in [0.3, 0.4) is 0 Å². The van der Waals surface area contributed by atoms with Crippen LogP contribution in [0.25, 0.3) is 5.69 Å². The summed E-state index contributed by atoms with van der Waals surface area (Å²) in [6.45, 7) is 2.01. The van der Waals surface area contributed by atoms with Gasteiger partial charge in [-0.15, -0.1) is 10.2 Å². The number of carbonyl (C=O) groups is 1. The quantitative estimate of drug-likeness (QED) is 0.298. The van der Waals surface area contributed by atoms with Crippen molar-refractivity contribution in [2.75, 3.05) is 5.32 Å². The summed E-state index contributed by atoms with van der Waals surface area (Å²) in [4.78, 5) is 12.4. The highest BCUT2D eigenvalue weighted by Gasteiger charge is 2.30. The Hall–Kier alpha value is -3.79. The topological polar surface area (TPSA) is 71.8 Å². The first-order valence-corrected chi connectivity index (χ1v) is 11.7. The lowest BCUT2D eigenvalue weighted by Gasteiger charge is -2.12. The zero-order valence-electron chi connectivity index (χ0n) is 18.7. The molecule has 1 heterocycles. The van der Waals surface area contributed by atoms with Crippen LogP contribution in [0.1, 0.15) is 22.5 Å². The number of urea groups is 1. The lowest BCUT2D eigenvalue weighted by molar-refractivity contribution is -0.137. The molecule has 0 aliphatic rings. The number of hydrogen-bond donors (Lipinski definition) is 2. The molecule has 35 heavy (non-hydrogen) atoms. The number of thioether (sulfide) groups is 1. The van der Waals surface area contributed by atoms with E-state index < -0.39 is 17.8 Å². The van der Waals surface area contributed by atoms with Gasteiger partial charge in [-0.1, -0.05) is 65.9 Å². The molecule has 1 aromatic heterocycles. The maximum Gasteiger partial charge on any atom is 0.416 e. The van der Waals surface area contributed by atoms with Gasteiger partial charge >= 0.3 is 12.2 Å². The van der Waals surface area contributed by atoms with Crippen molar-refractivity contribution in [2.24, 2.45) is 0 Å². The second-order valence-electron chi connectivity index (χ2n) is 7.73. The summed E-state index contributed by atoms with van der Waals surface area (Å²) >= 11 is 1.52. The summed E-state index contributed by atoms with van der Waals surface area (Å²) in [7, 11) is 0. The monoisotopic (exact) mass is 497 g/mol. The van der Waals surface area contributed by atoms with Crippen molar-refractivity contribution in [3.05, 3.63) is 101 Å². The number of halogens is 3. The molecule has 2 amide bonds. The molecule has 10 heteroatoms. The average molecular weight is 498 g/mol. The van der Waals surface area contributed by atoms with Crippen molar-refractivity contribution >= 4 is 23.5 Å². The van der Waals surface area contributed by atoms with Crippen LogP contribution in [0.4, 0.5) is 23.7 Å². The summed E-state index contributed by atoms with van der Waals surface area (Å²) < 4.78 is 40.7. The predicted molar refractivity (Wildman–Crippen MR) is 129 cm³/mol. The molecule has 2 N–H and O–H groups in total. The first-order valence-electron chi connectivity index (χ1n) is 10.7. The third kappa shape index (κ3) is 6.42. The molecule has 4 aromatic rings. The second kappa shape index (κ2) is 10.6.